The Labute approximate surface area is 183 Å². The molecule has 8 nitrogen and oxygen atoms in total. The van der Waals surface area contributed by atoms with E-state index in [0.717, 1.165) is 56.8 Å². The number of rotatable bonds is 11. The Morgan fingerprint density at radius 1 is 0.968 bits per heavy atom. The number of carbonyl (C=O) groups excluding carboxylic acids is 1. The largest absolute Gasteiger partial charge is 0.351 e. The van der Waals surface area contributed by atoms with Crippen LogP contribution in [0.4, 0.5) is 0 Å². The van der Waals surface area contributed by atoms with Gasteiger partial charge in [0.1, 0.15) is 5.56 Å². The summed E-state index contributed by atoms with van der Waals surface area (Å²) >= 11 is 0. The molecule has 31 heavy (non-hydrogen) atoms. The molecule has 0 saturated carbocycles. The number of hydrogen-bond acceptors (Lipinski definition) is 5. The van der Waals surface area contributed by atoms with E-state index in [9.17, 15) is 9.59 Å². The summed E-state index contributed by atoms with van der Waals surface area (Å²) in [6, 6.07) is 7.76. The van der Waals surface area contributed by atoms with Crippen molar-refractivity contribution in [2.24, 2.45) is 0 Å². The van der Waals surface area contributed by atoms with E-state index in [4.69, 9.17) is 0 Å². The molecule has 0 aliphatic heterocycles. The summed E-state index contributed by atoms with van der Waals surface area (Å²) in [5.41, 5.74) is 1.46. The summed E-state index contributed by atoms with van der Waals surface area (Å²) in [5.74, 6) is 0.192. The van der Waals surface area contributed by atoms with Gasteiger partial charge in [-0.05, 0) is 38.3 Å². The Morgan fingerprint density at radius 3 is 2.23 bits per heavy atom. The first-order valence-corrected chi connectivity index (χ1v) is 11.3. The molecule has 0 aliphatic rings. The average Bonchev–Trinajstić information content (AvgIpc) is 3.12. The number of fused-ring (bicyclic) bond motifs is 3. The molecule has 2 heterocycles. The topological polar surface area (TPSA) is 74.9 Å². The minimum absolute atomic E-state index is 0.0729. The van der Waals surface area contributed by atoms with Crippen molar-refractivity contribution in [1.29, 1.82) is 0 Å². The van der Waals surface area contributed by atoms with Gasteiger partial charge in [-0.3, -0.25) is 9.59 Å². The highest BCUT2D eigenvalue weighted by atomic mass is 16.2. The molecule has 3 rings (SSSR count). The van der Waals surface area contributed by atoms with Crippen molar-refractivity contribution >= 4 is 22.7 Å². The number of para-hydroxylation sites is 2. The molecule has 0 spiro atoms. The van der Waals surface area contributed by atoms with E-state index in [1.54, 1.807) is 4.40 Å². The third-order valence-electron chi connectivity index (χ3n) is 5.98. The molecule has 0 fully saturated rings. The maximum Gasteiger partial charge on any atom is 0.272 e. The van der Waals surface area contributed by atoms with Crippen LogP contribution in [0.5, 0.6) is 0 Å². The van der Waals surface area contributed by atoms with E-state index in [-0.39, 0.29) is 17.0 Å². The zero-order valence-electron chi connectivity index (χ0n) is 19.1. The first-order valence-electron chi connectivity index (χ1n) is 11.3. The number of hydrogen-bond donors (Lipinski definition) is 1. The van der Waals surface area contributed by atoms with Gasteiger partial charge in [-0.25, -0.2) is 9.38 Å². The molecule has 3 aromatic rings. The van der Waals surface area contributed by atoms with Crippen LogP contribution in [-0.2, 0) is 6.54 Å². The Bertz CT molecular complexity index is 1080. The van der Waals surface area contributed by atoms with Gasteiger partial charge in [-0.2, -0.15) is 0 Å². The summed E-state index contributed by atoms with van der Waals surface area (Å²) in [7, 11) is 0. The number of imidazole rings is 1. The highest BCUT2D eigenvalue weighted by Gasteiger charge is 2.19. The molecule has 0 unspecified atom stereocenters. The van der Waals surface area contributed by atoms with Gasteiger partial charge in [0.05, 0.1) is 11.0 Å². The lowest BCUT2D eigenvalue weighted by Crippen LogP contribution is -2.37. The van der Waals surface area contributed by atoms with Crippen LogP contribution in [0.15, 0.2) is 35.3 Å². The van der Waals surface area contributed by atoms with E-state index in [1.165, 1.54) is 6.20 Å². The molecule has 168 valence electrons. The molecular weight excluding hydrogens is 392 g/mol. The third-order valence-corrected chi connectivity index (χ3v) is 5.98. The highest BCUT2D eigenvalue weighted by Crippen LogP contribution is 2.18. The fourth-order valence-electron chi connectivity index (χ4n) is 3.96. The number of likely N-dealkylation sites (N-methyl/N-ethyl adjacent to an activating group) is 2. The summed E-state index contributed by atoms with van der Waals surface area (Å²) in [4.78, 5) is 35.1. The molecule has 0 bridgehead atoms. The number of amides is 1. The monoisotopic (exact) mass is 426 g/mol. The minimum atomic E-state index is -0.376. The molecule has 0 radical (unpaired) electrons. The Morgan fingerprint density at radius 2 is 1.58 bits per heavy atom. The molecule has 1 amide bonds. The summed E-state index contributed by atoms with van der Waals surface area (Å²) in [5, 5.41) is 2.87. The van der Waals surface area contributed by atoms with Gasteiger partial charge in [0.2, 0.25) is 5.78 Å². The van der Waals surface area contributed by atoms with Crippen LogP contribution in [0.1, 0.15) is 38.1 Å². The molecule has 2 aromatic heterocycles. The van der Waals surface area contributed by atoms with Crippen LogP contribution in [0.2, 0.25) is 0 Å². The highest BCUT2D eigenvalue weighted by molar-refractivity contribution is 5.94. The standard InChI is InChI=1S/C23H34N6O2/c1-5-26(6-2)14-13-24-21(30)18-17-25-23-28(16-15-27(7-3)8-4)19-11-9-10-12-20(19)29(23)22(18)31/h9-12,17H,5-8,13-16H2,1-4H3,(H,24,30). The lowest BCUT2D eigenvalue weighted by atomic mass is 10.3. The van der Waals surface area contributed by atoms with Gasteiger partial charge in [-0.1, -0.05) is 39.8 Å². The van der Waals surface area contributed by atoms with Gasteiger partial charge < -0.3 is 19.7 Å². The van der Waals surface area contributed by atoms with Gasteiger partial charge in [0.15, 0.2) is 0 Å². The quantitative estimate of drug-likeness (QED) is 0.508. The zero-order valence-corrected chi connectivity index (χ0v) is 19.1. The Hall–Kier alpha value is -2.71. The third kappa shape index (κ3) is 4.80. The van der Waals surface area contributed by atoms with Crippen molar-refractivity contribution in [2.75, 3.05) is 45.8 Å². The maximum atomic E-state index is 13.3. The Kier molecular flexibility index (Phi) is 7.81. The summed E-state index contributed by atoms with van der Waals surface area (Å²) < 4.78 is 3.63. The molecule has 0 saturated heterocycles. The van der Waals surface area contributed by atoms with Gasteiger partial charge in [-0.15, -0.1) is 0 Å². The smallest absolute Gasteiger partial charge is 0.272 e. The van der Waals surface area contributed by atoms with Gasteiger partial charge >= 0.3 is 0 Å². The zero-order chi connectivity index (χ0) is 22.4. The van der Waals surface area contributed by atoms with Crippen molar-refractivity contribution in [3.8, 4) is 0 Å². The van der Waals surface area contributed by atoms with Crippen LogP contribution in [0.25, 0.3) is 16.8 Å². The van der Waals surface area contributed by atoms with Crippen molar-refractivity contribution in [2.45, 2.75) is 34.2 Å². The number of benzene rings is 1. The number of carbonyl (C=O) groups is 1. The average molecular weight is 427 g/mol. The van der Waals surface area contributed by atoms with Gasteiger partial charge in [0.25, 0.3) is 11.5 Å². The molecule has 8 heteroatoms. The van der Waals surface area contributed by atoms with Crippen molar-refractivity contribution in [1.82, 2.24) is 29.1 Å². The van der Waals surface area contributed by atoms with Crippen LogP contribution in [0.3, 0.4) is 0 Å². The van der Waals surface area contributed by atoms with E-state index >= 15 is 0 Å². The van der Waals surface area contributed by atoms with Crippen molar-refractivity contribution in [3.63, 3.8) is 0 Å². The summed E-state index contributed by atoms with van der Waals surface area (Å²) in [6.45, 7) is 15.1. The second-order valence-corrected chi connectivity index (χ2v) is 7.56. The lowest BCUT2D eigenvalue weighted by Gasteiger charge is -2.18. The van der Waals surface area contributed by atoms with Crippen LogP contribution in [0, 0.1) is 0 Å². The first kappa shape index (κ1) is 23.0. The van der Waals surface area contributed by atoms with Crippen LogP contribution >= 0.6 is 0 Å². The summed E-state index contributed by atoms with van der Waals surface area (Å²) in [6.07, 6.45) is 1.41. The van der Waals surface area contributed by atoms with Crippen LogP contribution in [-0.4, -0.2) is 75.5 Å². The predicted octanol–water partition coefficient (Wildman–Crippen LogP) is 2.06. The molecule has 0 aliphatic carbocycles. The van der Waals surface area contributed by atoms with E-state index in [2.05, 4.69) is 52.4 Å². The molecule has 1 N–H and O–H groups in total. The van der Waals surface area contributed by atoms with E-state index < -0.39 is 0 Å². The van der Waals surface area contributed by atoms with Crippen LogP contribution < -0.4 is 10.9 Å². The maximum absolute atomic E-state index is 13.3. The molecule has 0 atom stereocenters. The molecule has 1 aromatic carbocycles. The van der Waals surface area contributed by atoms with Gasteiger partial charge in [0, 0.05) is 32.4 Å². The fraction of sp³-hybridized carbons (Fsp3) is 0.522. The van der Waals surface area contributed by atoms with E-state index in [0.29, 0.717) is 12.3 Å². The fourth-order valence-corrected chi connectivity index (χ4v) is 3.96. The molecular formula is C23H34N6O2. The number of nitrogens with zero attached hydrogens (tertiary/aromatic N) is 5. The number of aromatic nitrogens is 3. The second-order valence-electron chi connectivity index (χ2n) is 7.56. The second kappa shape index (κ2) is 10.5. The van der Waals surface area contributed by atoms with E-state index in [1.807, 2.05) is 24.3 Å². The van der Waals surface area contributed by atoms with Crippen molar-refractivity contribution < 1.29 is 4.79 Å². The van der Waals surface area contributed by atoms with Crippen molar-refractivity contribution in [3.05, 3.63) is 46.4 Å². The first-order chi connectivity index (χ1) is 15.0. The normalized spacial score (nSPS) is 11.8. The minimum Gasteiger partial charge on any atom is -0.351 e. The lowest BCUT2D eigenvalue weighted by molar-refractivity contribution is 0.0947. The predicted molar refractivity (Wildman–Crippen MR) is 125 cm³/mol. The Balaban J connectivity index is 1.94. The number of nitrogens with one attached hydrogen (secondary N) is 1. The SMILES string of the molecule is CCN(CC)CCNC(=O)c1cnc2n(CCN(CC)CC)c3ccccc3n2c1=O.